The van der Waals surface area contributed by atoms with Gasteiger partial charge in [0, 0.05) is 44.5 Å². The molecule has 0 atom stereocenters. The maximum absolute atomic E-state index is 12.9. The summed E-state index contributed by atoms with van der Waals surface area (Å²) in [6.45, 7) is 6.45. The average Bonchev–Trinajstić information content (AvgIpc) is 3.26. The number of fused-ring (bicyclic) bond motifs is 2. The molecule has 2 aliphatic heterocycles. The topological polar surface area (TPSA) is 67.7 Å². The third-order valence-electron chi connectivity index (χ3n) is 6.22. The van der Waals surface area contributed by atoms with Gasteiger partial charge in [-0.2, -0.15) is 5.10 Å². The van der Waals surface area contributed by atoms with Crippen LogP contribution in [0.25, 0.3) is 10.8 Å². The Balaban J connectivity index is 1.21. The van der Waals surface area contributed by atoms with E-state index in [0.717, 1.165) is 49.5 Å². The van der Waals surface area contributed by atoms with E-state index in [-0.39, 0.29) is 18.0 Å². The van der Waals surface area contributed by atoms with Crippen molar-refractivity contribution in [2.24, 2.45) is 0 Å². The monoisotopic (exact) mass is 418 g/mol. The molecule has 7 nitrogen and oxygen atoms in total. The molecule has 0 saturated carbocycles. The van der Waals surface area contributed by atoms with Crippen LogP contribution in [0.4, 0.5) is 0 Å². The molecular formula is C24H26N4O3. The van der Waals surface area contributed by atoms with E-state index in [9.17, 15) is 9.59 Å². The van der Waals surface area contributed by atoms with Crippen LogP contribution in [0.2, 0.25) is 0 Å². The number of carbonyl (C=O) groups excluding carboxylic acids is 1. The number of piperazine rings is 1. The summed E-state index contributed by atoms with van der Waals surface area (Å²) >= 11 is 0. The van der Waals surface area contributed by atoms with E-state index >= 15 is 0 Å². The van der Waals surface area contributed by atoms with Crippen molar-refractivity contribution in [2.75, 3.05) is 32.8 Å². The fourth-order valence-electron chi connectivity index (χ4n) is 4.49. The van der Waals surface area contributed by atoms with Gasteiger partial charge in [-0.3, -0.25) is 14.5 Å². The zero-order chi connectivity index (χ0) is 21.4. The Morgan fingerprint density at radius 2 is 1.84 bits per heavy atom. The van der Waals surface area contributed by atoms with Crippen molar-refractivity contribution in [3.8, 4) is 5.75 Å². The average molecular weight is 418 g/mol. The number of ether oxygens (including phenoxy) is 1. The molecule has 31 heavy (non-hydrogen) atoms. The molecule has 160 valence electrons. The molecule has 1 fully saturated rings. The van der Waals surface area contributed by atoms with Crippen molar-refractivity contribution in [3.05, 3.63) is 69.6 Å². The predicted molar refractivity (Wildman–Crippen MR) is 118 cm³/mol. The molecule has 1 saturated heterocycles. The summed E-state index contributed by atoms with van der Waals surface area (Å²) in [4.78, 5) is 29.8. The number of hydrogen-bond acceptors (Lipinski definition) is 5. The van der Waals surface area contributed by atoms with E-state index in [0.29, 0.717) is 18.5 Å². The summed E-state index contributed by atoms with van der Waals surface area (Å²) < 4.78 is 6.89. The maximum atomic E-state index is 12.9. The van der Waals surface area contributed by atoms with Gasteiger partial charge in [0.15, 0.2) is 0 Å². The smallest absolute Gasteiger partial charge is 0.275 e. The Kier molecular flexibility index (Phi) is 5.19. The molecule has 1 amide bonds. The summed E-state index contributed by atoms with van der Waals surface area (Å²) in [5.41, 5.74) is 3.11. The highest BCUT2D eigenvalue weighted by Gasteiger charge is 2.23. The van der Waals surface area contributed by atoms with Gasteiger partial charge in [0.25, 0.3) is 5.56 Å². The van der Waals surface area contributed by atoms with Gasteiger partial charge < -0.3 is 9.64 Å². The summed E-state index contributed by atoms with van der Waals surface area (Å²) in [6, 6.07) is 13.8. The van der Waals surface area contributed by atoms with Gasteiger partial charge in [0.05, 0.1) is 17.7 Å². The maximum Gasteiger partial charge on any atom is 0.275 e. The highest BCUT2D eigenvalue weighted by atomic mass is 16.5. The summed E-state index contributed by atoms with van der Waals surface area (Å²) in [5.74, 6) is 0.950. The fourth-order valence-corrected chi connectivity index (χ4v) is 4.49. The molecule has 0 spiro atoms. The minimum Gasteiger partial charge on any atom is -0.493 e. The Bertz CT molecular complexity index is 1200. The molecule has 0 radical (unpaired) electrons. The Hall–Kier alpha value is -3.19. The molecule has 0 aliphatic carbocycles. The van der Waals surface area contributed by atoms with Crippen LogP contribution in [0.5, 0.6) is 5.75 Å². The van der Waals surface area contributed by atoms with Gasteiger partial charge in [-0.15, -0.1) is 0 Å². The first-order valence-corrected chi connectivity index (χ1v) is 10.8. The van der Waals surface area contributed by atoms with Crippen LogP contribution >= 0.6 is 0 Å². The number of carbonyl (C=O) groups is 1. The quantitative estimate of drug-likeness (QED) is 0.648. The van der Waals surface area contributed by atoms with E-state index in [1.165, 1.54) is 15.8 Å². The first-order valence-electron chi connectivity index (χ1n) is 10.8. The van der Waals surface area contributed by atoms with Gasteiger partial charge in [-0.25, -0.2) is 4.68 Å². The number of nitrogens with zero attached hydrogens (tertiary/aromatic N) is 4. The van der Waals surface area contributed by atoms with Crippen molar-refractivity contribution in [2.45, 2.75) is 26.4 Å². The fraction of sp³-hybridized carbons (Fsp3) is 0.375. The van der Waals surface area contributed by atoms with E-state index in [4.69, 9.17) is 4.74 Å². The van der Waals surface area contributed by atoms with Gasteiger partial charge >= 0.3 is 0 Å². The summed E-state index contributed by atoms with van der Waals surface area (Å²) in [5, 5.41) is 5.81. The minimum absolute atomic E-state index is 0.0185. The molecule has 2 aliphatic rings. The van der Waals surface area contributed by atoms with Crippen LogP contribution in [0.15, 0.2) is 47.3 Å². The Labute approximate surface area is 180 Å². The largest absolute Gasteiger partial charge is 0.493 e. The predicted octanol–water partition coefficient (Wildman–Crippen LogP) is 1.98. The minimum atomic E-state index is -0.214. The van der Waals surface area contributed by atoms with E-state index in [1.54, 1.807) is 6.07 Å². The first-order chi connectivity index (χ1) is 15.1. The molecule has 7 heteroatoms. The summed E-state index contributed by atoms with van der Waals surface area (Å²) in [7, 11) is 0. The number of hydrogen-bond donors (Lipinski definition) is 0. The molecule has 3 aromatic rings. The highest BCUT2D eigenvalue weighted by molar-refractivity contribution is 5.83. The molecule has 2 aromatic carbocycles. The molecule has 3 heterocycles. The lowest BCUT2D eigenvalue weighted by Gasteiger charge is -2.34. The Morgan fingerprint density at radius 1 is 1.06 bits per heavy atom. The van der Waals surface area contributed by atoms with Crippen LogP contribution in [0.1, 0.15) is 16.8 Å². The molecule has 1 aromatic heterocycles. The third kappa shape index (κ3) is 3.93. The second-order valence-electron chi connectivity index (χ2n) is 8.29. The number of aryl methyl sites for hydroxylation is 1. The van der Waals surface area contributed by atoms with Crippen molar-refractivity contribution < 1.29 is 9.53 Å². The van der Waals surface area contributed by atoms with Crippen LogP contribution in [-0.2, 0) is 24.3 Å². The van der Waals surface area contributed by atoms with E-state index < -0.39 is 0 Å². The summed E-state index contributed by atoms with van der Waals surface area (Å²) in [6.07, 6.45) is 0.979. The van der Waals surface area contributed by atoms with E-state index in [1.807, 2.05) is 30.0 Å². The molecule has 5 rings (SSSR count). The van der Waals surface area contributed by atoms with Crippen molar-refractivity contribution >= 4 is 16.7 Å². The van der Waals surface area contributed by atoms with Crippen LogP contribution in [0, 0.1) is 6.92 Å². The SMILES string of the molecule is Cc1nn(CC(=O)N2CCN(Cc3ccc4c(c3)CCO4)CC2)c(=O)c2ccccc12. The zero-order valence-corrected chi connectivity index (χ0v) is 17.7. The second kappa shape index (κ2) is 8.15. The second-order valence-corrected chi connectivity index (χ2v) is 8.29. The van der Waals surface area contributed by atoms with Crippen LogP contribution in [-0.4, -0.2) is 58.3 Å². The zero-order valence-electron chi connectivity index (χ0n) is 17.7. The molecule has 0 unspecified atom stereocenters. The van der Waals surface area contributed by atoms with Gasteiger partial charge in [0.1, 0.15) is 12.3 Å². The van der Waals surface area contributed by atoms with Crippen LogP contribution in [0.3, 0.4) is 0 Å². The molecule has 0 N–H and O–H groups in total. The van der Waals surface area contributed by atoms with Crippen molar-refractivity contribution in [3.63, 3.8) is 0 Å². The lowest BCUT2D eigenvalue weighted by molar-refractivity contribution is -0.133. The van der Waals surface area contributed by atoms with Gasteiger partial charge in [0.2, 0.25) is 5.91 Å². The normalized spacial score (nSPS) is 16.4. The van der Waals surface area contributed by atoms with Crippen molar-refractivity contribution in [1.82, 2.24) is 19.6 Å². The highest BCUT2D eigenvalue weighted by Crippen LogP contribution is 2.26. The lowest BCUT2D eigenvalue weighted by Crippen LogP contribution is -2.49. The van der Waals surface area contributed by atoms with Gasteiger partial charge in [-0.05, 0) is 30.2 Å². The van der Waals surface area contributed by atoms with Crippen LogP contribution < -0.4 is 10.3 Å². The number of amides is 1. The number of benzene rings is 2. The number of aromatic nitrogens is 2. The standard InChI is InChI=1S/C24H26N4O3/c1-17-20-4-2-3-5-21(20)24(30)28(25-17)16-23(29)27-11-9-26(10-12-27)15-18-6-7-22-19(14-18)8-13-31-22/h2-7,14H,8-13,15-16H2,1H3. The molecule has 0 bridgehead atoms. The van der Waals surface area contributed by atoms with Crippen molar-refractivity contribution in [1.29, 1.82) is 0 Å². The molecular weight excluding hydrogens is 392 g/mol. The Morgan fingerprint density at radius 3 is 2.65 bits per heavy atom. The van der Waals surface area contributed by atoms with E-state index in [2.05, 4.69) is 28.2 Å². The first kappa shape index (κ1) is 19.8. The number of rotatable bonds is 4. The lowest BCUT2D eigenvalue weighted by atomic mass is 10.1. The van der Waals surface area contributed by atoms with Gasteiger partial charge in [-0.1, -0.05) is 30.3 Å². The third-order valence-corrected chi connectivity index (χ3v) is 6.22.